The molecular weight excluding hydrogens is 464 g/mol. The fourth-order valence-electron chi connectivity index (χ4n) is 5.89. The van der Waals surface area contributed by atoms with Crippen molar-refractivity contribution in [2.45, 2.75) is 76.2 Å². The zero-order valence-electron chi connectivity index (χ0n) is 22.2. The molecule has 7 heteroatoms. The summed E-state index contributed by atoms with van der Waals surface area (Å²) in [7, 11) is 3.36. The van der Waals surface area contributed by atoms with Crippen molar-refractivity contribution < 1.29 is 14.6 Å². The number of nitrogens with zero attached hydrogens (tertiary/aromatic N) is 3. The minimum Gasteiger partial charge on any atom is -0.497 e. The molecular formula is C30H40N4O3. The number of aliphatic hydroxyl groups is 1. The quantitative estimate of drug-likeness (QED) is 0.405. The lowest BCUT2D eigenvalue weighted by Crippen LogP contribution is -2.38. The van der Waals surface area contributed by atoms with Gasteiger partial charge < -0.3 is 19.9 Å². The Morgan fingerprint density at radius 1 is 0.946 bits per heavy atom. The Labute approximate surface area is 220 Å². The van der Waals surface area contributed by atoms with Crippen molar-refractivity contribution in [3.8, 4) is 5.75 Å². The van der Waals surface area contributed by atoms with E-state index in [1.54, 1.807) is 14.2 Å². The lowest BCUT2D eigenvalue weighted by molar-refractivity contribution is 0.152. The molecule has 0 spiro atoms. The molecule has 0 radical (unpaired) electrons. The number of methoxy groups -OCH3 is 2. The maximum Gasteiger partial charge on any atom is 0.156 e. The Hall–Kier alpha value is -2.74. The molecule has 5 rings (SSSR count). The number of aliphatic hydroxyl groups excluding tert-OH is 1. The fraction of sp³-hybridized carbons (Fsp3) is 0.533. The third-order valence-corrected chi connectivity index (χ3v) is 8.03. The summed E-state index contributed by atoms with van der Waals surface area (Å²) in [5, 5.41) is 24.9. The van der Waals surface area contributed by atoms with E-state index in [2.05, 4.69) is 44.7 Å². The molecule has 1 aliphatic heterocycles. The van der Waals surface area contributed by atoms with E-state index in [1.165, 1.54) is 24.0 Å². The van der Waals surface area contributed by atoms with Crippen LogP contribution >= 0.6 is 0 Å². The van der Waals surface area contributed by atoms with Crippen molar-refractivity contribution in [1.82, 2.24) is 15.1 Å². The number of ether oxygens (including phenoxy) is 2. The largest absolute Gasteiger partial charge is 0.497 e. The molecule has 2 heterocycles. The molecule has 2 aromatic carbocycles. The first kappa shape index (κ1) is 25.9. The third kappa shape index (κ3) is 6.40. The number of hydrogen-bond donors (Lipinski definition) is 2. The second kappa shape index (κ2) is 12.2. The number of hydrogen-bond acceptors (Lipinski definition) is 7. The number of anilines is 1. The van der Waals surface area contributed by atoms with Crippen molar-refractivity contribution in [2.75, 3.05) is 32.6 Å². The van der Waals surface area contributed by atoms with E-state index in [1.807, 2.05) is 18.2 Å². The Bertz CT molecular complexity index is 1160. The molecule has 1 aromatic heterocycles. The second-order valence-corrected chi connectivity index (χ2v) is 10.6. The van der Waals surface area contributed by atoms with Gasteiger partial charge >= 0.3 is 0 Å². The molecule has 1 aliphatic carbocycles. The molecule has 37 heavy (non-hydrogen) atoms. The molecule has 0 amide bonds. The summed E-state index contributed by atoms with van der Waals surface area (Å²) < 4.78 is 10.8. The van der Waals surface area contributed by atoms with Gasteiger partial charge in [0.25, 0.3) is 0 Å². The van der Waals surface area contributed by atoms with E-state index >= 15 is 0 Å². The van der Waals surface area contributed by atoms with Gasteiger partial charge in [-0.05, 0) is 67.3 Å². The van der Waals surface area contributed by atoms with Crippen LogP contribution in [0.1, 0.15) is 67.7 Å². The average Bonchev–Trinajstić information content (AvgIpc) is 3.15. The van der Waals surface area contributed by atoms with E-state index in [-0.39, 0.29) is 6.10 Å². The summed E-state index contributed by atoms with van der Waals surface area (Å²) in [5.41, 5.74) is 3.58. The van der Waals surface area contributed by atoms with E-state index in [0.29, 0.717) is 18.6 Å². The highest BCUT2D eigenvalue weighted by Gasteiger charge is 2.22. The smallest absolute Gasteiger partial charge is 0.156 e. The van der Waals surface area contributed by atoms with Crippen molar-refractivity contribution >= 4 is 16.6 Å². The molecule has 0 bridgehead atoms. The van der Waals surface area contributed by atoms with Gasteiger partial charge in [0.1, 0.15) is 5.75 Å². The Balaban J connectivity index is 1.18. The Kier molecular flexibility index (Phi) is 8.54. The van der Waals surface area contributed by atoms with Crippen LogP contribution in [0.15, 0.2) is 42.5 Å². The fourth-order valence-corrected chi connectivity index (χ4v) is 5.89. The monoisotopic (exact) mass is 504 g/mol. The van der Waals surface area contributed by atoms with Gasteiger partial charge in [-0.2, -0.15) is 5.10 Å². The molecule has 1 saturated heterocycles. The number of rotatable bonds is 8. The van der Waals surface area contributed by atoms with Crippen molar-refractivity contribution in [2.24, 2.45) is 0 Å². The van der Waals surface area contributed by atoms with Gasteiger partial charge in [0.05, 0.1) is 25.5 Å². The number of likely N-dealkylation sites (tertiary alicyclic amines) is 1. The standard InChI is InChI=1S/C30H40N4O3/c1-36-20-29-27-12-11-26(37-2)18-28(27)30(33-32-29)31-24-13-15-34(16-14-24)19-21-7-9-22(10-8-21)23-5-3-4-6-25(35)17-23/h7-12,18,23-25,35H,3-6,13-17,19-20H2,1-2H3,(H,31,33)/t23?,25-/m1/s1. The average molecular weight is 505 g/mol. The molecule has 7 nitrogen and oxygen atoms in total. The van der Waals surface area contributed by atoms with Gasteiger partial charge in [0, 0.05) is 43.6 Å². The van der Waals surface area contributed by atoms with Crippen LogP contribution in [0.5, 0.6) is 5.75 Å². The summed E-state index contributed by atoms with van der Waals surface area (Å²) in [4.78, 5) is 2.54. The Morgan fingerprint density at radius 3 is 2.49 bits per heavy atom. The Morgan fingerprint density at radius 2 is 1.73 bits per heavy atom. The number of aromatic nitrogens is 2. The molecule has 2 N–H and O–H groups in total. The van der Waals surface area contributed by atoms with Gasteiger partial charge in [-0.1, -0.05) is 37.1 Å². The SMILES string of the molecule is COCc1nnc(NC2CCN(Cc3ccc(C4CCCC[C@@H](O)C4)cc3)CC2)c2cc(OC)ccc12. The van der Waals surface area contributed by atoms with Crippen molar-refractivity contribution in [1.29, 1.82) is 0 Å². The zero-order valence-corrected chi connectivity index (χ0v) is 22.2. The molecule has 1 unspecified atom stereocenters. The van der Waals surface area contributed by atoms with Crippen LogP contribution in [-0.4, -0.2) is 59.7 Å². The normalized spacial score (nSPS) is 21.6. The van der Waals surface area contributed by atoms with E-state index < -0.39 is 0 Å². The number of nitrogens with one attached hydrogen (secondary N) is 1. The number of fused-ring (bicyclic) bond motifs is 1. The lowest BCUT2D eigenvalue weighted by atomic mass is 9.90. The van der Waals surface area contributed by atoms with Crippen LogP contribution in [0.4, 0.5) is 5.82 Å². The number of benzene rings is 2. The first-order valence-electron chi connectivity index (χ1n) is 13.7. The third-order valence-electron chi connectivity index (χ3n) is 8.03. The van der Waals surface area contributed by atoms with Gasteiger partial charge in [0.2, 0.25) is 0 Å². The minimum atomic E-state index is -0.142. The van der Waals surface area contributed by atoms with E-state index in [9.17, 15) is 5.11 Å². The van der Waals surface area contributed by atoms with Gasteiger partial charge in [-0.3, -0.25) is 4.90 Å². The molecule has 2 fully saturated rings. The first-order chi connectivity index (χ1) is 18.1. The van der Waals surface area contributed by atoms with Crippen LogP contribution < -0.4 is 10.1 Å². The highest BCUT2D eigenvalue weighted by molar-refractivity contribution is 5.94. The minimum absolute atomic E-state index is 0.142. The van der Waals surface area contributed by atoms with E-state index in [0.717, 1.165) is 79.8 Å². The zero-order chi connectivity index (χ0) is 25.6. The summed E-state index contributed by atoms with van der Waals surface area (Å²) in [5.74, 6) is 2.12. The summed E-state index contributed by atoms with van der Waals surface area (Å²) in [6.45, 7) is 3.50. The van der Waals surface area contributed by atoms with Crippen LogP contribution in [0.2, 0.25) is 0 Å². The first-order valence-corrected chi connectivity index (χ1v) is 13.7. The highest BCUT2D eigenvalue weighted by atomic mass is 16.5. The van der Waals surface area contributed by atoms with Crippen LogP contribution in [0, 0.1) is 0 Å². The molecule has 2 aliphatic rings. The van der Waals surface area contributed by atoms with Gasteiger partial charge in [-0.25, -0.2) is 0 Å². The van der Waals surface area contributed by atoms with Gasteiger partial charge in [0.15, 0.2) is 5.82 Å². The summed E-state index contributed by atoms with van der Waals surface area (Å²) in [6, 6.07) is 15.5. The topological polar surface area (TPSA) is 79.7 Å². The van der Waals surface area contributed by atoms with Crippen LogP contribution in [-0.2, 0) is 17.9 Å². The molecule has 198 valence electrons. The second-order valence-electron chi connectivity index (χ2n) is 10.6. The van der Waals surface area contributed by atoms with Crippen molar-refractivity contribution in [3.05, 3.63) is 59.3 Å². The predicted octanol–water partition coefficient (Wildman–Crippen LogP) is 5.27. The van der Waals surface area contributed by atoms with Crippen molar-refractivity contribution in [3.63, 3.8) is 0 Å². The predicted molar refractivity (Wildman–Crippen MR) is 147 cm³/mol. The van der Waals surface area contributed by atoms with Gasteiger partial charge in [-0.15, -0.1) is 5.10 Å². The molecule has 2 atom stereocenters. The molecule has 3 aromatic rings. The maximum absolute atomic E-state index is 10.2. The highest BCUT2D eigenvalue weighted by Crippen LogP contribution is 2.32. The van der Waals surface area contributed by atoms with Crippen LogP contribution in [0.25, 0.3) is 10.8 Å². The summed E-state index contributed by atoms with van der Waals surface area (Å²) in [6.07, 6.45) is 7.40. The summed E-state index contributed by atoms with van der Waals surface area (Å²) >= 11 is 0. The number of piperidine rings is 1. The van der Waals surface area contributed by atoms with E-state index in [4.69, 9.17) is 9.47 Å². The molecule has 1 saturated carbocycles. The maximum atomic E-state index is 10.2. The lowest BCUT2D eigenvalue weighted by Gasteiger charge is -2.32. The van der Waals surface area contributed by atoms with Crippen LogP contribution in [0.3, 0.4) is 0 Å².